The van der Waals surface area contributed by atoms with Crippen molar-refractivity contribution in [2.45, 2.75) is 36.6 Å². The molecule has 0 radical (unpaired) electrons. The Morgan fingerprint density at radius 2 is 1.94 bits per heavy atom. The van der Waals surface area contributed by atoms with Crippen LogP contribution in [-0.4, -0.2) is 81.3 Å². The third kappa shape index (κ3) is 3.14. The highest BCUT2D eigenvalue weighted by Crippen LogP contribution is 2.18. The van der Waals surface area contributed by atoms with E-state index in [1.54, 1.807) is 0 Å². The summed E-state index contributed by atoms with van der Waals surface area (Å²) in [5, 5.41) is 48.1. The predicted octanol–water partition coefficient (Wildman–Crippen LogP) is -4.21. The van der Waals surface area contributed by atoms with Crippen molar-refractivity contribution in [3.8, 4) is 0 Å². The second-order valence-corrected chi connectivity index (χ2v) is 4.08. The van der Waals surface area contributed by atoms with E-state index in [2.05, 4.69) is 5.32 Å². The predicted molar refractivity (Wildman–Crippen MR) is 57.4 cm³/mol. The molecule has 0 bridgehead atoms. The first kappa shape index (κ1) is 15.2. The molecular weight excluding hydrogens is 248 g/mol. The van der Waals surface area contributed by atoms with Gasteiger partial charge in [-0.15, -0.1) is 0 Å². The van der Waals surface area contributed by atoms with Gasteiger partial charge in [0.25, 0.3) is 0 Å². The summed E-state index contributed by atoms with van der Waals surface area (Å²) in [6.07, 6.45) is -4.92. The molecule has 1 heterocycles. The van der Waals surface area contributed by atoms with Crippen molar-refractivity contribution in [1.82, 2.24) is 5.32 Å². The van der Waals surface area contributed by atoms with E-state index in [1.807, 2.05) is 0 Å². The zero-order valence-electron chi connectivity index (χ0n) is 9.51. The fourth-order valence-electron chi connectivity index (χ4n) is 1.69. The van der Waals surface area contributed by atoms with Crippen LogP contribution in [0.25, 0.3) is 0 Å². The van der Waals surface area contributed by atoms with Crippen molar-refractivity contribution >= 4 is 5.97 Å². The van der Waals surface area contributed by atoms with Crippen molar-refractivity contribution < 1.29 is 35.1 Å². The summed E-state index contributed by atoms with van der Waals surface area (Å²) in [6.45, 7) is -1.25. The first-order chi connectivity index (χ1) is 8.42. The minimum Gasteiger partial charge on any atom is -0.480 e. The molecule has 1 fully saturated rings. The van der Waals surface area contributed by atoms with Gasteiger partial charge in [0.15, 0.2) is 0 Å². The van der Waals surface area contributed by atoms with Gasteiger partial charge in [0, 0.05) is 0 Å². The summed E-state index contributed by atoms with van der Waals surface area (Å²) < 4.78 is 5.14. The third-order valence-electron chi connectivity index (χ3n) is 2.82. The van der Waals surface area contributed by atoms with E-state index in [0.29, 0.717) is 0 Å². The van der Waals surface area contributed by atoms with E-state index in [9.17, 15) is 15.0 Å². The van der Waals surface area contributed by atoms with Crippen LogP contribution in [0.5, 0.6) is 0 Å². The van der Waals surface area contributed by atoms with Crippen molar-refractivity contribution in [3.05, 3.63) is 0 Å². The Kier molecular flexibility index (Phi) is 5.41. The number of aliphatic hydroxyl groups excluding tert-OH is 4. The number of hydrogen-bond donors (Lipinski definition) is 7. The Morgan fingerprint density at radius 3 is 2.39 bits per heavy atom. The van der Waals surface area contributed by atoms with Gasteiger partial charge in [0.1, 0.15) is 30.6 Å². The minimum absolute atomic E-state index is 0.556. The average molecular weight is 266 g/mol. The van der Waals surface area contributed by atoms with Gasteiger partial charge >= 0.3 is 5.97 Å². The average Bonchev–Trinajstić information content (AvgIpc) is 2.35. The van der Waals surface area contributed by atoms with Crippen molar-refractivity contribution in [3.63, 3.8) is 0 Å². The highest BCUT2D eigenvalue weighted by Gasteiger charge is 2.43. The summed E-state index contributed by atoms with van der Waals surface area (Å²) >= 11 is 0. The maximum atomic E-state index is 10.7. The SMILES string of the molecule is N[C@H]1C(N[C@@H](CO)C(=O)O)O[C@H](CO)[C@H](O)[C@@H]1O. The molecule has 1 aliphatic rings. The molecule has 106 valence electrons. The number of carboxylic acid groups (broad SMARTS) is 1. The number of nitrogens with one attached hydrogen (secondary N) is 1. The number of hydrogen-bond acceptors (Lipinski definition) is 8. The van der Waals surface area contributed by atoms with Crippen LogP contribution in [0.15, 0.2) is 0 Å². The standard InChI is InChI=1S/C9H18N2O7/c10-5-7(15)6(14)4(2-13)18-8(5)11-3(1-12)9(16)17/h3-8,11-15H,1-2,10H2,(H,16,17)/t3-,4+,5+,6-,7+,8?/m0/s1. The van der Waals surface area contributed by atoms with E-state index in [0.717, 1.165) is 0 Å². The van der Waals surface area contributed by atoms with E-state index >= 15 is 0 Å². The topological polar surface area (TPSA) is 166 Å². The molecule has 9 heteroatoms. The normalized spacial score (nSPS) is 38.4. The van der Waals surface area contributed by atoms with E-state index < -0.39 is 55.8 Å². The lowest BCUT2D eigenvalue weighted by Crippen LogP contribution is -2.67. The molecular formula is C9H18N2O7. The second kappa shape index (κ2) is 6.38. The van der Waals surface area contributed by atoms with E-state index in [-0.39, 0.29) is 0 Å². The highest BCUT2D eigenvalue weighted by molar-refractivity contribution is 5.73. The van der Waals surface area contributed by atoms with Crippen LogP contribution in [0.3, 0.4) is 0 Å². The molecule has 0 spiro atoms. The molecule has 9 nitrogen and oxygen atoms in total. The number of rotatable bonds is 5. The molecule has 0 aromatic rings. The summed E-state index contributed by atoms with van der Waals surface area (Å²) in [7, 11) is 0. The van der Waals surface area contributed by atoms with Crippen LogP contribution in [0, 0.1) is 0 Å². The molecule has 18 heavy (non-hydrogen) atoms. The molecule has 1 rings (SSSR count). The maximum Gasteiger partial charge on any atom is 0.323 e. The van der Waals surface area contributed by atoms with Gasteiger partial charge < -0.3 is 36.0 Å². The number of ether oxygens (including phenoxy) is 1. The van der Waals surface area contributed by atoms with Crippen LogP contribution in [0.1, 0.15) is 0 Å². The number of carboxylic acids is 1. The van der Waals surface area contributed by atoms with Gasteiger partial charge in [-0.05, 0) is 0 Å². The Morgan fingerprint density at radius 1 is 1.33 bits per heavy atom. The van der Waals surface area contributed by atoms with Crippen LogP contribution in [0.2, 0.25) is 0 Å². The summed E-state index contributed by atoms with van der Waals surface area (Å²) in [5.41, 5.74) is 5.58. The largest absolute Gasteiger partial charge is 0.480 e. The number of aliphatic hydroxyl groups is 4. The quantitative estimate of drug-likeness (QED) is 0.261. The molecule has 6 atom stereocenters. The molecule has 1 saturated heterocycles. The fraction of sp³-hybridized carbons (Fsp3) is 0.889. The van der Waals surface area contributed by atoms with Crippen molar-refractivity contribution in [2.75, 3.05) is 13.2 Å². The summed E-state index contributed by atoms with van der Waals surface area (Å²) in [5.74, 6) is -1.31. The lowest BCUT2D eigenvalue weighted by molar-refractivity contribution is -0.200. The molecule has 8 N–H and O–H groups in total. The van der Waals surface area contributed by atoms with Gasteiger partial charge in [-0.25, -0.2) is 0 Å². The Bertz CT molecular complexity index is 288. The number of aliphatic carboxylic acids is 1. The van der Waals surface area contributed by atoms with Crippen LogP contribution >= 0.6 is 0 Å². The zero-order chi connectivity index (χ0) is 13.9. The van der Waals surface area contributed by atoms with Gasteiger partial charge in [-0.3, -0.25) is 10.1 Å². The number of nitrogens with two attached hydrogens (primary N) is 1. The van der Waals surface area contributed by atoms with Crippen molar-refractivity contribution in [1.29, 1.82) is 0 Å². The Balaban J connectivity index is 2.72. The summed E-state index contributed by atoms with van der Waals surface area (Å²) in [4.78, 5) is 10.7. The first-order valence-electron chi connectivity index (χ1n) is 5.40. The lowest BCUT2D eigenvalue weighted by atomic mass is 9.96. The molecule has 1 unspecified atom stereocenters. The minimum atomic E-state index is -1.37. The first-order valence-corrected chi connectivity index (χ1v) is 5.40. The van der Waals surface area contributed by atoms with Crippen LogP contribution < -0.4 is 11.1 Å². The molecule has 0 aromatic heterocycles. The molecule has 0 amide bonds. The van der Waals surface area contributed by atoms with E-state index in [1.165, 1.54) is 0 Å². The van der Waals surface area contributed by atoms with E-state index in [4.69, 9.17) is 25.8 Å². The van der Waals surface area contributed by atoms with Crippen LogP contribution in [0.4, 0.5) is 0 Å². The molecule has 0 saturated carbocycles. The molecule has 0 aliphatic carbocycles. The lowest BCUT2D eigenvalue weighted by Gasteiger charge is -2.41. The fourth-order valence-corrected chi connectivity index (χ4v) is 1.69. The highest BCUT2D eigenvalue weighted by atomic mass is 16.5. The summed E-state index contributed by atoms with van der Waals surface area (Å²) in [6, 6.07) is -2.40. The Labute approximate surface area is 103 Å². The van der Waals surface area contributed by atoms with Gasteiger partial charge in [0.05, 0.1) is 19.3 Å². The Hall–Kier alpha value is -0.810. The smallest absolute Gasteiger partial charge is 0.323 e. The van der Waals surface area contributed by atoms with Gasteiger partial charge in [-0.2, -0.15) is 0 Å². The second-order valence-electron chi connectivity index (χ2n) is 4.08. The molecule has 0 aromatic carbocycles. The maximum absolute atomic E-state index is 10.7. The third-order valence-corrected chi connectivity index (χ3v) is 2.82. The molecule has 1 aliphatic heterocycles. The van der Waals surface area contributed by atoms with Crippen LogP contribution in [-0.2, 0) is 9.53 Å². The van der Waals surface area contributed by atoms with Gasteiger partial charge in [-0.1, -0.05) is 0 Å². The number of carbonyl (C=O) groups is 1. The zero-order valence-corrected chi connectivity index (χ0v) is 9.51. The van der Waals surface area contributed by atoms with Crippen molar-refractivity contribution in [2.24, 2.45) is 5.73 Å². The van der Waals surface area contributed by atoms with Gasteiger partial charge in [0.2, 0.25) is 0 Å². The monoisotopic (exact) mass is 266 g/mol.